The van der Waals surface area contributed by atoms with E-state index in [1.807, 2.05) is 44.2 Å². The maximum absolute atomic E-state index is 11.9. The van der Waals surface area contributed by atoms with Crippen molar-refractivity contribution in [1.29, 1.82) is 0 Å². The molecule has 1 aliphatic heterocycles. The molecule has 0 aliphatic carbocycles. The van der Waals surface area contributed by atoms with Crippen LogP contribution < -0.4 is 15.5 Å². The van der Waals surface area contributed by atoms with Gasteiger partial charge in [-0.1, -0.05) is 6.07 Å². The van der Waals surface area contributed by atoms with E-state index in [-0.39, 0.29) is 6.03 Å². The third-order valence-electron chi connectivity index (χ3n) is 3.48. The van der Waals surface area contributed by atoms with E-state index in [0.717, 1.165) is 48.2 Å². The van der Waals surface area contributed by atoms with Crippen molar-refractivity contribution < 1.29 is 4.79 Å². The van der Waals surface area contributed by atoms with Crippen LogP contribution in [0, 0.1) is 13.8 Å². The van der Waals surface area contributed by atoms with Crippen LogP contribution in [0.4, 0.5) is 22.0 Å². The standard InChI is InChI=1S/C16H19N5O/c1-11-9-15(19-12(2)18-11)20-13-5-3-6-14(10-13)21-8-4-7-17-16(21)22/h3,5-6,9-10H,4,7-8H2,1-2H3,(H,17,22)(H,18,19,20). The monoisotopic (exact) mass is 297 g/mol. The van der Waals surface area contributed by atoms with Gasteiger partial charge in [-0.15, -0.1) is 0 Å². The fourth-order valence-corrected chi connectivity index (χ4v) is 2.56. The molecule has 0 radical (unpaired) electrons. The molecule has 1 aromatic carbocycles. The van der Waals surface area contributed by atoms with Crippen LogP contribution in [0.25, 0.3) is 0 Å². The Balaban J connectivity index is 1.83. The highest BCUT2D eigenvalue weighted by atomic mass is 16.2. The summed E-state index contributed by atoms with van der Waals surface area (Å²) in [4.78, 5) is 22.3. The van der Waals surface area contributed by atoms with Crippen LogP contribution in [0.2, 0.25) is 0 Å². The van der Waals surface area contributed by atoms with Crippen molar-refractivity contribution in [2.24, 2.45) is 0 Å². The molecule has 2 aromatic rings. The maximum Gasteiger partial charge on any atom is 0.321 e. The molecule has 0 unspecified atom stereocenters. The van der Waals surface area contributed by atoms with Crippen LogP contribution in [0.5, 0.6) is 0 Å². The van der Waals surface area contributed by atoms with E-state index in [0.29, 0.717) is 0 Å². The van der Waals surface area contributed by atoms with Crippen molar-refractivity contribution in [2.45, 2.75) is 20.3 Å². The molecule has 6 nitrogen and oxygen atoms in total. The number of hydrogen-bond acceptors (Lipinski definition) is 4. The molecule has 2 amide bonds. The van der Waals surface area contributed by atoms with E-state index in [2.05, 4.69) is 20.6 Å². The van der Waals surface area contributed by atoms with E-state index in [1.165, 1.54) is 0 Å². The molecule has 1 fully saturated rings. The first kappa shape index (κ1) is 14.3. The second kappa shape index (κ2) is 6.01. The summed E-state index contributed by atoms with van der Waals surface area (Å²) in [5.74, 6) is 1.49. The van der Waals surface area contributed by atoms with Gasteiger partial charge in [0, 0.05) is 36.2 Å². The fourth-order valence-electron chi connectivity index (χ4n) is 2.56. The van der Waals surface area contributed by atoms with Crippen molar-refractivity contribution in [1.82, 2.24) is 15.3 Å². The minimum Gasteiger partial charge on any atom is -0.340 e. The van der Waals surface area contributed by atoms with Crippen molar-refractivity contribution in [3.8, 4) is 0 Å². The lowest BCUT2D eigenvalue weighted by molar-refractivity contribution is 0.243. The molecule has 0 bridgehead atoms. The Hall–Kier alpha value is -2.63. The second-order valence-electron chi connectivity index (χ2n) is 5.35. The lowest BCUT2D eigenvalue weighted by Gasteiger charge is -2.27. The first-order valence-corrected chi connectivity index (χ1v) is 7.36. The van der Waals surface area contributed by atoms with Crippen molar-refractivity contribution >= 4 is 23.2 Å². The molecule has 114 valence electrons. The van der Waals surface area contributed by atoms with Gasteiger partial charge in [0.05, 0.1) is 0 Å². The fraction of sp³-hybridized carbons (Fsp3) is 0.312. The van der Waals surface area contributed by atoms with Gasteiger partial charge in [0.1, 0.15) is 11.6 Å². The van der Waals surface area contributed by atoms with E-state index in [1.54, 1.807) is 4.90 Å². The quantitative estimate of drug-likeness (QED) is 0.914. The summed E-state index contributed by atoms with van der Waals surface area (Å²) in [7, 11) is 0. The number of aromatic nitrogens is 2. The zero-order chi connectivity index (χ0) is 15.5. The minimum atomic E-state index is -0.0443. The average Bonchev–Trinajstić information content (AvgIpc) is 2.47. The first-order chi connectivity index (χ1) is 10.6. The number of carbonyl (C=O) groups is 1. The maximum atomic E-state index is 11.9. The highest BCUT2D eigenvalue weighted by molar-refractivity contribution is 5.93. The van der Waals surface area contributed by atoms with Crippen molar-refractivity contribution in [3.63, 3.8) is 0 Å². The molecule has 1 aliphatic rings. The zero-order valence-corrected chi connectivity index (χ0v) is 12.8. The first-order valence-electron chi connectivity index (χ1n) is 7.36. The molecule has 1 aromatic heterocycles. The van der Waals surface area contributed by atoms with Crippen molar-refractivity contribution in [3.05, 3.63) is 41.9 Å². The SMILES string of the molecule is Cc1cc(Nc2cccc(N3CCCNC3=O)c2)nc(C)n1. The number of rotatable bonds is 3. The number of aryl methyl sites for hydroxylation is 2. The van der Waals surface area contributed by atoms with Gasteiger partial charge in [-0.25, -0.2) is 14.8 Å². The molecule has 2 N–H and O–H groups in total. The Morgan fingerprint density at radius 3 is 2.86 bits per heavy atom. The van der Waals surface area contributed by atoms with Crippen LogP contribution in [0.1, 0.15) is 17.9 Å². The van der Waals surface area contributed by atoms with Gasteiger partial charge in [0.15, 0.2) is 0 Å². The van der Waals surface area contributed by atoms with E-state index >= 15 is 0 Å². The second-order valence-corrected chi connectivity index (χ2v) is 5.35. The number of benzene rings is 1. The predicted octanol–water partition coefficient (Wildman–Crippen LogP) is 2.76. The van der Waals surface area contributed by atoms with Gasteiger partial charge in [-0.05, 0) is 38.5 Å². The third kappa shape index (κ3) is 3.16. The topological polar surface area (TPSA) is 70.2 Å². The van der Waals surface area contributed by atoms with Gasteiger partial charge in [-0.3, -0.25) is 4.90 Å². The summed E-state index contributed by atoms with van der Waals surface area (Å²) in [6, 6.07) is 9.63. The van der Waals surface area contributed by atoms with E-state index < -0.39 is 0 Å². The Morgan fingerprint density at radius 1 is 1.23 bits per heavy atom. The predicted molar refractivity (Wildman–Crippen MR) is 86.6 cm³/mol. The molecule has 6 heteroatoms. The number of urea groups is 1. The Labute approximate surface area is 129 Å². The van der Waals surface area contributed by atoms with Gasteiger partial charge in [0.2, 0.25) is 0 Å². The summed E-state index contributed by atoms with van der Waals surface area (Å²) >= 11 is 0. The molecule has 0 atom stereocenters. The van der Waals surface area contributed by atoms with Gasteiger partial charge in [-0.2, -0.15) is 0 Å². The van der Waals surface area contributed by atoms with Gasteiger partial charge in [0.25, 0.3) is 0 Å². The Morgan fingerprint density at radius 2 is 2.09 bits per heavy atom. The molecule has 0 spiro atoms. The molecule has 22 heavy (non-hydrogen) atoms. The largest absolute Gasteiger partial charge is 0.340 e. The zero-order valence-electron chi connectivity index (χ0n) is 12.8. The number of carbonyl (C=O) groups excluding carboxylic acids is 1. The molecular formula is C16H19N5O. The highest BCUT2D eigenvalue weighted by Crippen LogP contribution is 2.23. The number of amides is 2. The Kier molecular flexibility index (Phi) is 3.91. The van der Waals surface area contributed by atoms with Crippen LogP contribution in [-0.2, 0) is 0 Å². The lowest BCUT2D eigenvalue weighted by Crippen LogP contribution is -2.46. The van der Waals surface area contributed by atoms with Crippen LogP contribution >= 0.6 is 0 Å². The molecule has 0 saturated carbocycles. The van der Waals surface area contributed by atoms with Crippen molar-refractivity contribution in [2.75, 3.05) is 23.3 Å². The Bertz CT molecular complexity index is 680. The summed E-state index contributed by atoms with van der Waals surface area (Å²) in [5, 5.41) is 6.13. The molecule has 1 saturated heterocycles. The van der Waals surface area contributed by atoms with Crippen LogP contribution in [0.15, 0.2) is 30.3 Å². The summed E-state index contributed by atoms with van der Waals surface area (Å²) < 4.78 is 0. The summed E-state index contributed by atoms with van der Waals surface area (Å²) in [6.07, 6.45) is 0.952. The smallest absolute Gasteiger partial charge is 0.321 e. The summed E-state index contributed by atoms with van der Waals surface area (Å²) in [5.41, 5.74) is 2.69. The van der Waals surface area contributed by atoms with Crippen LogP contribution in [-0.4, -0.2) is 29.1 Å². The normalized spacial score (nSPS) is 14.6. The van der Waals surface area contributed by atoms with E-state index in [4.69, 9.17) is 0 Å². The van der Waals surface area contributed by atoms with Gasteiger partial charge < -0.3 is 10.6 Å². The highest BCUT2D eigenvalue weighted by Gasteiger charge is 2.19. The van der Waals surface area contributed by atoms with Crippen LogP contribution in [0.3, 0.4) is 0 Å². The minimum absolute atomic E-state index is 0.0443. The molecule has 3 rings (SSSR count). The molecular weight excluding hydrogens is 278 g/mol. The number of anilines is 3. The molecule has 2 heterocycles. The average molecular weight is 297 g/mol. The number of nitrogens with one attached hydrogen (secondary N) is 2. The summed E-state index contributed by atoms with van der Waals surface area (Å²) in [6.45, 7) is 5.29. The van der Waals surface area contributed by atoms with Gasteiger partial charge >= 0.3 is 6.03 Å². The lowest BCUT2D eigenvalue weighted by atomic mass is 10.2. The third-order valence-corrected chi connectivity index (χ3v) is 3.48. The number of hydrogen-bond donors (Lipinski definition) is 2. The number of nitrogens with zero attached hydrogens (tertiary/aromatic N) is 3. The van der Waals surface area contributed by atoms with E-state index in [9.17, 15) is 4.79 Å².